The predicted octanol–water partition coefficient (Wildman–Crippen LogP) is 2.40. The molecule has 1 aromatic heterocycles. The largest absolute Gasteiger partial charge is 0.497 e. The van der Waals surface area contributed by atoms with Crippen LogP contribution in [0.2, 0.25) is 0 Å². The van der Waals surface area contributed by atoms with Crippen molar-refractivity contribution in [3.05, 3.63) is 53.9 Å². The van der Waals surface area contributed by atoms with Gasteiger partial charge in [0.25, 0.3) is 5.91 Å². The van der Waals surface area contributed by atoms with Crippen molar-refractivity contribution in [1.29, 1.82) is 0 Å². The molecule has 21 heavy (non-hydrogen) atoms. The fourth-order valence-corrected chi connectivity index (χ4v) is 2.06. The second-order valence-corrected chi connectivity index (χ2v) is 4.68. The van der Waals surface area contributed by atoms with Crippen LogP contribution in [0.15, 0.2) is 42.7 Å². The average molecular weight is 285 g/mol. The third kappa shape index (κ3) is 3.51. The first kappa shape index (κ1) is 14.8. The van der Waals surface area contributed by atoms with Gasteiger partial charge in [-0.15, -0.1) is 0 Å². The second-order valence-electron chi connectivity index (χ2n) is 4.68. The Hall–Kier alpha value is -2.56. The van der Waals surface area contributed by atoms with Crippen LogP contribution in [-0.4, -0.2) is 37.0 Å². The minimum atomic E-state index is -0.0439. The lowest BCUT2D eigenvalue weighted by molar-refractivity contribution is 0.0786. The first-order valence-electron chi connectivity index (χ1n) is 6.66. The summed E-state index contributed by atoms with van der Waals surface area (Å²) in [7, 11) is 5.19. The maximum atomic E-state index is 12.5. The number of carbonyl (C=O) groups excluding carboxylic acids is 1. The number of aromatic nitrogens is 1. The summed E-state index contributed by atoms with van der Waals surface area (Å²) in [6.45, 7) is 0.536. The number of hydrogen-bond acceptors (Lipinski definition) is 4. The fraction of sp³-hybridized carbons (Fsp3) is 0.250. The van der Waals surface area contributed by atoms with Gasteiger partial charge in [0, 0.05) is 26.8 Å². The zero-order valence-corrected chi connectivity index (χ0v) is 12.5. The fourth-order valence-electron chi connectivity index (χ4n) is 2.06. The molecule has 0 aliphatic carbocycles. The molecule has 1 aromatic carbocycles. The SMILES string of the molecule is CNc1cnccc1C(=O)N(C)Cc1ccc(OC)cc1. The Labute approximate surface area is 124 Å². The number of amides is 1. The number of rotatable bonds is 5. The number of benzene rings is 1. The van der Waals surface area contributed by atoms with Crippen molar-refractivity contribution in [2.45, 2.75) is 6.54 Å². The van der Waals surface area contributed by atoms with Crippen LogP contribution in [0.1, 0.15) is 15.9 Å². The second kappa shape index (κ2) is 6.74. The van der Waals surface area contributed by atoms with Gasteiger partial charge >= 0.3 is 0 Å². The van der Waals surface area contributed by atoms with Crippen LogP contribution >= 0.6 is 0 Å². The number of carbonyl (C=O) groups is 1. The minimum absolute atomic E-state index is 0.0439. The molecule has 5 nitrogen and oxygen atoms in total. The molecule has 0 saturated heterocycles. The number of pyridine rings is 1. The predicted molar refractivity (Wildman–Crippen MR) is 82.6 cm³/mol. The van der Waals surface area contributed by atoms with E-state index in [-0.39, 0.29) is 5.91 Å². The number of methoxy groups -OCH3 is 1. The van der Waals surface area contributed by atoms with E-state index in [0.29, 0.717) is 12.1 Å². The maximum Gasteiger partial charge on any atom is 0.256 e. The first-order chi connectivity index (χ1) is 10.2. The number of nitrogens with one attached hydrogen (secondary N) is 1. The van der Waals surface area contributed by atoms with Crippen molar-refractivity contribution >= 4 is 11.6 Å². The molecule has 2 rings (SSSR count). The van der Waals surface area contributed by atoms with E-state index in [9.17, 15) is 4.79 Å². The minimum Gasteiger partial charge on any atom is -0.497 e. The van der Waals surface area contributed by atoms with Gasteiger partial charge in [-0.3, -0.25) is 9.78 Å². The molecule has 2 aromatic rings. The quantitative estimate of drug-likeness (QED) is 0.916. The number of hydrogen-bond donors (Lipinski definition) is 1. The molecule has 0 aliphatic rings. The third-order valence-electron chi connectivity index (χ3n) is 3.25. The standard InChI is InChI=1S/C16H19N3O2/c1-17-15-10-18-9-8-14(15)16(20)19(2)11-12-4-6-13(21-3)7-5-12/h4-10,17H,11H2,1-3H3. The summed E-state index contributed by atoms with van der Waals surface area (Å²) in [5.74, 6) is 0.761. The lowest BCUT2D eigenvalue weighted by atomic mass is 10.1. The van der Waals surface area contributed by atoms with Gasteiger partial charge in [0.1, 0.15) is 5.75 Å². The van der Waals surface area contributed by atoms with E-state index in [1.807, 2.05) is 24.3 Å². The lowest BCUT2D eigenvalue weighted by Gasteiger charge is -2.19. The third-order valence-corrected chi connectivity index (χ3v) is 3.25. The van der Waals surface area contributed by atoms with Gasteiger partial charge in [0.2, 0.25) is 0 Å². The molecular formula is C16H19N3O2. The molecule has 0 bridgehead atoms. The van der Waals surface area contributed by atoms with Crippen molar-refractivity contribution in [2.75, 3.05) is 26.5 Å². The van der Waals surface area contributed by atoms with E-state index in [2.05, 4.69) is 10.3 Å². The van der Waals surface area contributed by atoms with Crippen molar-refractivity contribution in [3.63, 3.8) is 0 Å². The van der Waals surface area contributed by atoms with E-state index in [4.69, 9.17) is 4.74 Å². The van der Waals surface area contributed by atoms with Crippen molar-refractivity contribution in [2.24, 2.45) is 0 Å². The van der Waals surface area contributed by atoms with Crippen LogP contribution in [0.5, 0.6) is 5.75 Å². The van der Waals surface area contributed by atoms with Gasteiger partial charge in [-0.1, -0.05) is 12.1 Å². The molecule has 0 atom stereocenters. The van der Waals surface area contributed by atoms with Gasteiger partial charge < -0.3 is 15.0 Å². The van der Waals surface area contributed by atoms with Gasteiger partial charge in [-0.2, -0.15) is 0 Å². The molecule has 0 aliphatic heterocycles. The summed E-state index contributed by atoms with van der Waals surface area (Å²) in [6, 6.07) is 9.40. The van der Waals surface area contributed by atoms with Gasteiger partial charge in [-0.05, 0) is 23.8 Å². The normalized spacial score (nSPS) is 10.0. The first-order valence-corrected chi connectivity index (χ1v) is 6.66. The van der Waals surface area contributed by atoms with E-state index in [1.165, 1.54) is 0 Å². The molecule has 110 valence electrons. The molecule has 1 N–H and O–H groups in total. The Morgan fingerprint density at radius 1 is 1.29 bits per heavy atom. The highest BCUT2D eigenvalue weighted by Crippen LogP contribution is 2.17. The van der Waals surface area contributed by atoms with Gasteiger partial charge in [0.05, 0.1) is 24.6 Å². The molecule has 0 spiro atoms. The molecule has 0 radical (unpaired) electrons. The van der Waals surface area contributed by atoms with Crippen LogP contribution in [-0.2, 0) is 6.54 Å². The summed E-state index contributed by atoms with van der Waals surface area (Å²) in [5.41, 5.74) is 2.39. The van der Waals surface area contributed by atoms with Crippen molar-refractivity contribution in [3.8, 4) is 5.75 Å². The Balaban J connectivity index is 2.11. The molecule has 0 unspecified atom stereocenters. The van der Waals surface area contributed by atoms with Crippen molar-refractivity contribution < 1.29 is 9.53 Å². The summed E-state index contributed by atoms with van der Waals surface area (Å²) in [5, 5.41) is 2.98. The van der Waals surface area contributed by atoms with Crippen LogP contribution < -0.4 is 10.1 Å². The van der Waals surface area contributed by atoms with E-state index >= 15 is 0 Å². The molecular weight excluding hydrogens is 266 g/mol. The highest BCUT2D eigenvalue weighted by atomic mass is 16.5. The number of ether oxygens (including phenoxy) is 1. The Kier molecular flexibility index (Phi) is 4.77. The summed E-state index contributed by atoms with van der Waals surface area (Å²) < 4.78 is 5.13. The van der Waals surface area contributed by atoms with Crippen LogP contribution in [0, 0.1) is 0 Å². The lowest BCUT2D eigenvalue weighted by Crippen LogP contribution is -2.26. The molecule has 0 fully saturated rings. The zero-order chi connectivity index (χ0) is 15.2. The van der Waals surface area contributed by atoms with Crippen LogP contribution in [0.25, 0.3) is 0 Å². The van der Waals surface area contributed by atoms with Gasteiger partial charge in [0.15, 0.2) is 0 Å². The van der Waals surface area contributed by atoms with Crippen LogP contribution in [0.3, 0.4) is 0 Å². The maximum absolute atomic E-state index is 12.5. The summed E-state index contributed by atoms with van der Waals surface area (Å²) in [6.07, 6.45) is 3.27. The van der Waals surface area contributed by atoms with Gasteiger partial charge in [-0.25, -0.2) is 0 Å². The molecule has 0 saturated carbocycles. The average Bonchev–Trinajstić information content (AvgIpc) is 2.54. The molecule has 1 heterocycles. The van der Waals surface area contributed by atoms with Crippen LogP contribution in [0.4, 0.5) is 5.69 Å². The Morgan fingerprint density at radius 3 is 2.62 bits per heavy atom. The Bertz CT molecular complexity index is 611. The highest BCUT2D eigenvalue weighted by Gasteiger charge is 2.15. The highest BCUT2D eigenvalue weighted by molar-refractivity contribution is 5.99. The van der Waals surface area contributed by atoms with E-state index < -0.39 is 0 Å². The van der Waals surface area contributed by atoms with Crippen molar-refractivity contribution in [1.82, 2.24) is 9.88 Å². The topological polar surface area (TPSA) is 54.5 Å². The van der Waals surface area contributed by atoms with E-state index in [0.717, 1.165) is 17.0 Å². The number of nitrogens with zero attached hydrogens (tertiary/aromatic N) is 2. The Morgan fingerprint density at radius 2 is 2.00 bits per heavy atom. The zero-order valence-electron chi connectivity index (χ0n) is 12.5. The smallest absolute Gasteiger partial charge is 0.256 e. The van der Waals surface area contributed by atoms with E-state index in [1.54, 1.807) is 44.6 Å². The molecule has 1 amide bonds. The summed E-state index contributed by atoms with van der Waals surface area (Å²) >= 11 is 0. The number of anilines is 1. The summed E-state index contributed by atoms with van der Waals surface area (Å²) in [4.78, 5) is 18.2. The monoisotopic (exact) mass is 285 g/mol. The molecule has 5 heteroatoms.